The smallest absolute Gasteiger partial charge is 0.0243 e. The van der Waals surface area contributed by atoms with Gasteiger partial charge in [0.15, 0.2) is 0 Å². The molecule has 96 valence electrons. The second-order valence-corrected chi connectivity index (χ2v) is 5.95. The molecule has 0 saturated heterocycles. The summed E-state index contributed by atoms with van der Waals surface area (Å²) < 4.78 is 0. The van der Waals surface area contributed by atoms with E-state index in [1.54, 1.807) is 0 Å². The quantitative estimate of drug-likeness (QED) is 0.691. The Morgan fingerprint density at radius 3 is 2.76 bits per heavy atom. The van der Waals surface area contributed by atoms with Gasteiger partial charge >= 0.3 is 0 Å². The average Bonchev–Trinajstić information content (AvgIpc) is 2.94. The molecule has 2 rings (SSSR count). The molecule has 0 radical (unpaired) electrons. The average molecular weight is 233 g/mol. The Morgan fingerprint density at radius 1 is 1.29 bits per heavy atom. The van der Waals surface area contributed by atoms with Crippen LogP contribution in [0.3, 0.4) is 0 Å². The highest BCUT2D eigenvalue weighted by Gasteiger charge is 2.39. The molecular weight excluding hydrogens is 206 g/mol. The van der Waals surface area contributed by atoms with E-state index in [0.717, 1.165) is 30.7 Å². The first-order chi connectivity index (χ1) is 8.33. The van der Waals surface area contributed by atoms with Gasteiger partial charge in [-0.1, -0.05) is 13.3 Å². The van der Waals surface area contributed by atoms with Crippen LogP contribution in [0.1, 0.15) is 58.8 Å². The van der Waals surface area contributed by atoms with E-state index in [0.29, 0.717) is 6.04 Å². The van der Waals surface area contributed by atoms with Crippen molar-refractivity contribution in [3.05, 3.63) is 0 Å². The molecular formula is C16H27N. The van der Waals surface area contributed by atoms with Gasteiger partial charge in [-0.05, 0) is 63.3 Å². The standard InChI is InChI=1S/C16H27N/c1-3-5-6-16(17-9-4-2)12-15-11-13-7-8-14(15)10-13/h13-17H,4,6-12H2,1-2H3. The highest BCUT2D eigenvalue weighted by atomic mass is 14.9. The number of nitrogens with one attached hydrogen (secondary N) is 1. The minimum atomic E-state index is 0.645. The first-order valence-electron chi connectivity index (χ1n) is 7.46. The van der Waals surface area contributed by atoms with Crippen LogP contribution in [0.5, 0.6) is 0 Å². The van der Waals surface area contributed by atoms with Gasteiger partial charge in [0.25, 0.3) is 0 Å². The Hall–Kier alpha value is -0.480. The van der Waals surface area contributed by atoms with Crippen molar-refractivity contribution >= 4 is 0 Å². The fourth-order valence-corrected chi connectivity index (χ4v) is 3.84. The van der Waals surface area contributed by atoms with Crippen LogP contribution < -0.4 is 5.32 Å². The predicted molar refractivity (Wildman–Crippen MR) is 73.7 cm³/mol. The number of hydrogen-bond acceptors (Lipinski definition) is 1. The van der Waals surface area contributed by atoms with Gasteiger partial charge in [0, 0.05) is 12.5 Å². The summed E-state index contributed by atoms with van der Waals surface area (Å²) in [5.74, 6) is 9.44. The molecule has 2 fully saturated rings. The molecule has 1 N–H and O–H groups in total. The third kappa shape index (κ3) is 3.49. The maximum Gasteiger partial charge on any atom is 0.0243 e. The Morgan fingerprint density at radius 2 is 2.18 bits per heavy atom. The van der Waals surface area contributed by atoms with E-state index < -0.39 is 0 Å². The molecule has 2 saturated carbocycles. The Labute approximate surface area is 107 Å². The lowest BCUT2D eigenvalue weighted by Gasteiger charge is -2.26. The Balaban J connectivity index is 1.80. The molecule has 1 heteroatoms. The van der Waals surface area contributed by atoms with E-state index in [2.05, 4.69) is 24.1 Å². The second kappa shape index (κ2) is 6.45. The zero-order valence-corrected chi connectivity index (χ0v) is 11.5. The molecule has 2 aliphatic carbocycles. The van der Waals surface area contributed by atoms with Gasteiger partial charge in [0.05, 0.1) is 0 Å². The van der Waals surface area contributed by atoms with Gasteiger partial charge in [-0.25, -0.2) is 0 Å². The van der Waals surface area contributed by atoms with Gasteiger partial charge in [-0.2, -0.15) is 0 Å². The lowest BCUT2D eigenvalue weighted by Crippen LogP contribution is -2.32. The van der Waals surface area contributed by atoms with E-state index >= 15 is 0 Å². The normalized spacial score (nSPS) is 32.2. The highest BCUT2D eigenvalue weighted by Crippen LogP contribution is 2.49. The number of rotatable bonds is 6. The molecule has 2 bridgehead atoms. The van der Waals surface area contributed by atoms with Crippen molar-refractivity contribution in [2.75, 3.05) is 6.54 Å². The van der Waals surface area contributed by atoms with Crippen molar-refractivity contribution in [1.29, 1.82) is 0 Å². The van der Waals surface area contributed by atoms with E-state index in [9.17, 15) is 0 Å². The zero-order chi connectivity index (χ0) is 12.1. The topological polar surface area (TPSA) is 12.0 Å². The monoisotopic (exact) mass is 233 g/mol. The van der Waals surface area contributed by atoms with Crippen LogP contribution >= 0.6 is 0 Å². The maximum atomic E-state index is 3.69. The van der Waals surface area contributed by atoms with Crippen LogP contribution in [-0.4, -0.2) is 12.6 Å². The fourth-order valence-electron chi connectivity index (χ4n) is 3.84. The van der Waals surface area contributed by atoms with Crippen LogP contribution in [-0.2, 0) is 0 Å². The second-order valence-electron chi connectivity index (χ2n) is 5.95. The van der Waals surface area contributed by atoms with Crippen molar-refractivity contribution in [3.8, 4) is 11.8 Å². The van der Waals surface area contributed by atoms with Crippen LogP contribution in [0.2, 0.25) is 0 Å². The summed E-state index contributed by atoms with van der Waals surface area (Å²) in [5.41, 5.74) is 0. The van der Waals surface area contributed by atoms with Crippen LogP contribution in [0, 0.1) is 29.6 Å². The molecule has 0 amide bonds. The maximum absolute atomic E-state index is 3.69. The first kappa shape index (κ1) is 13.0. The summed E-state index contributed by atoms with van der Waals surface area (Å²) in [6.07, 6.45) is 9.71. The van der Waals surface area contributed by atoms with Crippen molar-refractivity contribution in [1.82, 2.24) is 5.32 Å². The van der Waals surface area contributed by atoms with Crippen LogP contribution in [0.15, 0.2) is 0 Å². The summed E-state index contributed by atoms with van der Waals surface area (Å²) >= 11 is 0. The summed E-state index contributed by atoms with van der Waals surface area (Å²) in [6.45, 7) is 5.35. The van der Waals surface area contributed by atoms with Crippen LogP contribution in [0.4, 0.5) is 0 Å². The van der Waals surface area contributed by atoms with E-state index in [1.165, 1.54) is 38.5 Å². The van der Waals surface area contributed by atoms with E-state index in [1.807, 2.05) is 6.92 Å². The van der Waals surface area contributed by atoms with Gasteiger partial charge in [-0.3, -0.25) is 0 Å². The fraction of sp³-hybridized carbons (Fsp3) is 0.875. The third-order valence-electron chi connectivity index (χ3n) is 4.68. The van der Waals surface area contributed by atoms with Crippen molar-refractivity contribution in [2.24, 2.45) is 17.8 Å². The molecule has 4 unspecified atom stereocenters. The molecule has 0 heterocycles. The van der Waals surface area contributed by atoms with Gasteiger partial charge in [-0.15, -0.1) is 11.8 Å². The van der Waals surface area contributed by atoms with E-state index in [-0.39, 0.29) is 0 Å². The molecule has 0 aliphatic heterocycles. The largest absolute Gasteiger partial charge is 0.313 e. The Kier molecular flexibility index (Phi) is 4.92. The van der Waals surface area contributed by atoms with Crippen molar-refractivity contribution in [2.45, 2.75) is 64.8 Å². The van der Waals surface area contributed by atoms with Gasteiger partial charge < -0.3 is 5.32 Å². The lowest BCUT2D eigenvalue weighted by molar-refractivity contribution is 0.279. The molecule has 0 aromatic heterocycles. The molecule has 17 heavy (non-hydrogen) atoms. The minimum absolute atomic E-state index is 0.645. The highest BCUT2D eigenvalue weighted by molar-refractivity contribution is 5.00. The summed E-state index contributed by atoms with van der Waals surface area (Å²) in [5, 5.41) is 3.69. The molecule has 0 aromatic rings. The lowest BCUT2D eigenvalue weighted by atomic mass is 9.83. The summed E-state index contributed by atoms with van der Waals surface area (Å²) in [7, 11) is 0. The zero-order valence-electron chi connectivity index (χ0n) is 11.5. The van der Waals surface area contributed by atoms with Crippen molar-refractivity contribution in [3.63, 3.8) is 0 Å². The molecule has 2 aliphatic rings. The predicted octanol–water partition coefficient (Wildman–Crippen LogP) is 3.59. The minimum Gasteiger partial charge on any atom is -0.313 e. The van der Waals surface area contributed by atoms with E-state index in [4.69, 9.17) is 0 Å². The van der Waals surface area contributed by atoms with Crippen LogP contribution in [0.25, 0.3) is 0 Å². The molecule has 4 atom stereocenters. The summed E-state index contributed by atoms with van der Waals surface area (Å²) in [4.78, 5) is 0. The van der Waals surface area contributed by atoms with Gasteiger partial charge in [0.2, 0.25) is 0 Å². The first-order valence-corrected chi connectivity index (χ1v) is 7.46. The number of hydrogen-bond donors (Lipinski definition) is 1. The molecule has 1 nitrogen and oxygen atoms in total. The van der Waals surface area contributed by atoms with Gasteiger partial charge in [0.1, 0.15) is 0 Å². The molecule has 0 aromatic carbocycles. The number of fused-ring (bicyclic) bond motifs is 2. The SMILES string of the molecule is CC#CCC(CC1CC2CCC1C2)NCCC. The van der Waals surface area contributed by atoms with Crippen molar-refractivity contribution < 1.29 is 0 Å². The summed E-state index contributed by atoms with van der Waals surface area (Å²) in [6, 6.07) is 0.645. The molecule has 0 spiro atoms. The third-order valence-corrected chi connectivity index (χ3v) is 4.68. The Bertz CT molecular complexity index is 286.